The molecule has 0 radical (unpaired) electrons. The molecule has 0 unspecified atom stereocenters. The summed E-state index contributed by atoms with van der Waals surface area (Å²) in [7, 11) is 0. The minimum atomic E-state index is -4.42. The first-order valence-electron chi connectivity index (χ1n) is 7.60. The number of carbonyl (C=O) groups excluding carboxylic acids is 1. The maximum atomic E-state index is 12.6. The summed E-state index contributed by atoms with van der Waals surface area (Å²) in [5.41, 5.74) is 0.194. The molecule has 1 amide bonds. The molecule has 3 rings (SSSR count). The number of aromatic nitrogens is 1. The van der Waals surface area contributed by atoms with Gasteiger partial charge < -0.3 is 5.32 Å². The van der Waals surface area contributed by atoms with Crippen molar-refractivity contribution in [1.29, 1.82) is 0 Å². The minimum absolute atomic E-state index is 0.261. The molecule has 27 heavy (non-hydrogen) atoms. The highest BCUT2D eigenvalue weighted by Gasteiger charge is 2.30. The van der Waals surface area contributed by atoms with Gasteiger partial charge in [-0.2, -0.15) is 13.2 Å². The van der Waals surface area contributed by atoms with Gasteiger partial charge in [-0.1, -0.05) is 29.3 Å². The molecule has 9 heteroatoms. The molecule has 140 valence electrons. The van der Waals surface area contributed by atoms with Crippen molar-refractivity contribution < 1.29 is 18.0 Å². The van der Waals surface area contributed by atoms with Crippen LogP contribution in [0.1, 0.15) is 25.8 Å². The first-order valence-corrected chi connectivity index (χ1v) is 9.17. The Hall–Kier alpha value is -2.09. The molecule has 0 aliphatic heterocycles. The third kappa shape index (κ3) is 4.80. The van der Waals surface area contributed by atoms with E-state index in [1.807, 2.05) is 0 Å². The maximum absolute atomic E-state index is 12.6. The molecule has 0 bridgehead atoms. The largest absolute Gasteiger partial charge is 0.416 e. The standard InChI is InChI=1S/C18H11Cl2F3N2OS/c19-13-2-1-3-14(20)12(13)8-16-24-9-15(27-16)17(26)25-11-6-4-10(5-7-11)18(21,22)23/h1-7,9H,8H2,(H,25,26). The van der Waals surface area contributed by atoms with Crippen LogP contribution in [0.2, 0.25) is 10.0 Å². The van der Waals surface area contributed by atoms with E-state index in [0.29, 0.717) is 31.9 Å². The summed E-state index contributed by atoms with van der Waals surface area (Å²) < 4.78 is 37.7. The van der Waals surface area contributed by atoms with E-state index in [0.717, 1.165) is 23.5 Å². The lowest BCUT2D eigenvalue weighted by molar-refractivity contribution is -0.137. The van der Waals surface area contributed by atoms with Crippen LogP contribution in [0.5, 0.6) is 0 Å². The Morgan fingerprint density at radius 1 is 1.07 bits per heavy atom. The molecule has 0 aliphatic rings. The number of halogens is 5. The van der Waals surface area contributed by atoms with Crippen molar-refractivity contribution in [3.05, 3.63) is 79.7 Å². The highest BCUT2D eigenvalue weighted by Crippen LogP contribution is 2.30. The molecule has 0 aliphatic carbocycles. The second-order valence-corrected chi connectivity index (χ2v) is 7.45. The van der Waals surface area contributed by atoms with Crippen LogP contribution < -0.4 is 5.32 Å². The maximum Gasteiger partial charge on any atom is 0.416 e. The van der Waals surface area contributed by atoms with Gasteiger partial charge in [-0.25, -0.2) is 4.98 Å². The monoisotopic (exact) mass is 430 g/mol. The molecule has 3 nitrogen and oxygen atoms in total. The fourth-order valence-corrected chi connectivity index (χ4v) is 3.64. The predicted molar refractivity (Wildman–Crippen MR) is 101 cm³/mol. The van der Waals surface area contributed by atoms with Crippen LogP contribution in [0.3, 0.4) is 0 Å². The summed E-state index contributed by atoms with van der Waals surface area (Å²) in [6, 6.07) is 9.39. The van der Waals surface area contributed by atoms with E-state index in [4.69, 9.17) is 23.2 Å². The zero-order valence-electron chi connectivity index (χ0n) is 13.5. The van der Waals surface area contributed by atoms with Crippen molar-refractivity contribution in [2.24, 2.45) is 0 Å². The first-order chi connectivity index (χ1) is 12.7. The normalized spacial score (nSPS) is 11.4. The molecule has 0 spiro atoms. The Morgan fingerprint density at radius 2 is 1.70 bits per heavy atom. The Morgan fingerprint density at radius 3 is 2.30 bits per heavy atom. The van der Waals surface area contributed by atoms with Gasteiger partial charge in [0.2, 0.25) is 0 Å². The highest BCUT2D eigenvalue weighted by molar-refractivity contribution is 7.13. The van der Waals surface area contributed by atoms with Crippen LogP contribution in [0.4, 0.5) is 18.9 Å². The number of alkyl halides is 3. The van der Waals surface area contributed by atoms with Gasteiger partial charge in [0.1, 0.15) is 4.88 Å². The van der Waals surface area contributed by atoms with E-state index in [9.17, 15) is 18.0 Å². The topological polar surface area (TPSA) is 42.0 Å². The van der Waals surface area contributed by atoms with Crippen molar-refractivity contribution in [2.45, 2.75) is 12.6 Å². The van der Waals surface area contributed by atoms with E-state index in [1.165, 1.54) is 18.3 Å². The van der Waals surface area contributed by atoms with Crippen LogP contribution in [0, 0.1) is 0 Å². The average molecular weight is 431 g/mol. The van der Waals surface area contributed by atoms with Gasteiger partial charge in [0, 0.05) is 22.2 Å². The number of rotatable bonds is 4. The van der Waals surface area contributed by atoms with Crippen LogP contribution in [0.25, 0.3) is 0 Å². The zero-order valence-corrected chi connectivity index (χ0v) is 15.8. The smallest absolute Gasteiger partial charge is 0.321 e. The Balaban J connectivity index is 1.70. The fraction of sp³-hybridized carbons (Fsp3) is 0.111. The second kappa shape index (κ2) is 7.88. The second-order valence-electron chi connectivity index (χ2n) is 5.52. The molecular formula is C18H11Cl2F3N2OS. The van der Waals surface area contributed by atoms with Crippen molar-refractivity contribution in [1.82, 2.24) is 4.98 Å². The molecule has 1 heterocycles. The molecule has 2 aromatic carbocycles. The van der Waals surface area contributed by atoms with Crippen molar-refractivity contribution in [3.63, 3.8) is 0 Å². The molecule has 0 fully saturated rings. The average Bonchev–Trinajstić information content (AvgIpc) is 3.07. The van der Waals surface area contributed by atoms with E-state index < -0.39 is 17.6 Å². The van der Waals surface area contributed by atoms with Crippen molar-refractivity contribution in [2.75, 3.05) is 5.32 Å². The lowest BCUT2D eigenvalue weighted by atomic mass is 10.1. The van der Waals surface area contributed by atoms with Crippen molar-refractivity contribution >= 4 is 46.1 Å². The van der Waals surface area contributed by atoms with Crippen LogP contribution in [0.15, 0.2) is 48.7 Å². The van der Waals surface area contributed by atoms with Gasteiger partial charge in [0.15, 0.2) is 0 Å². The zero-order chi connectivity index (χ0) is 19.6. The molecule has 0 atom stereocenters. The summed E-state index contributed by atoms with van der Waals surface area (Å²) in [6.45, 7) is 0. The first kappa shape index (κ1) is 19.7. The Kier molecular flexibility index (Phi) is 5.74. The predicted octanol–water partition coefficient (Wildman–Crippen LogP) is 6.31. The number of thiazole rings is 1. The number of hydrogen-bond acceptors (Lipinski definition) is 3. The summed E-state index contributed by atoms with van der Waals surface area (Å²) in [5.74, 6) is -0.455. The molecular weight excluding hydrogens is 420 g/mol. The summed E-state index contributed by atoms with van der Waals surface area (Å²) in [4.78, 5) is 16.8. The van der Waals surface area contributed by atoms with Crippen molar-refractivity contribution in [3.8, 4) is 0 Å². The molecule has 0 saturated carbocycles. The lowest BCUT2D eigenvalue weighted by Gasteiger charge is -2.08. The minimum Gasteiger partial charge on any atom is -0.321 e. The number of carbonyl (C=O) groups is 1. The van der Waals surface area contributed by atoms with Gasteiger partial charge in [-0.3, -0.25) is 4.79 Å². The van der Waals surface area contributed by atoms with E-state index in [2.05, 4.69) is 10.3 Å². The summed E-state index contributed by atoms with van der Waals surface area (Å²) >= 11 is 13.4. The number of amides is 1. The van der Waals surface area contributed by atoms with Crippen LogP contribution in [-0.2, 0) is 12.6 Å². The number of benzene rings is 2. The quantitative estimate of drug-likeness (QED) is 0.526. The number of nitrogens with one attached hydrogen (secondary N) is 1. The number of anilines is 1. The molecule has 1 N–H and O–H groups in total. The third-order valence-corrected chi connectivity index (χ3v) is 5.34. The highest BCUT2D eigenvalue weighted by atomic mass is 35.5. The Labute approximate surface area is 166 Å². The van der Waals surface area contributed by atoms with Gasteiger partial charge in [0.25, 0.3) is 5.91 Å². The number of nitrogens with zero attached hydrogens (tertiary/aromatic N) is 1. The van der Waals surface area contributed by atoms with E-state index in [1.54, 1.807) is 18.2 Å². The lowest BCUT2D eigenvalue weighted by Crippen LogP contribution is -2.11. The summed E-state index contributed by atoms with van der Waals surface area (Å²) in [5, 5.41) is 4.21. The number of hydrogen-bond donors (Lipinski definition) is 1. The van der Waals surface area contributed by atoms with Gasteiger partial charge in [-0.15, -0.1) is 11.3 Å². The van der Waals surface area contributed by atoms with Crippen LogP contribution >= 0.6 is 34.5 Å². The van der Waals surface area contributed by atoms with E-state index >= 15 is 0 Å². The van der Waals surface area contributed by atoms with Gasteiger partial charge >= 0.3 is 6.18 Å². The SMILES string of the molecule is O=C(Nc1ccc(C(F)(F)F)cc1)c1cnc(Cc2c(Cl)cccc2Cl)s1. The van der Waals surface area contributed by atoms with Gasteiger partial charge in [-0.05, 0) is 42.0 Å². The molecule has 0 saturated heterocycles. The third-order valence-electron chi connectivity index (χ3n) is 3.64. The molecule has 3 aromatic rings. The molecule has 1 aromatic heterocycles. The summed E-state index contributed by atoms with van der Waals surface area (Å²) in [6.07, 6.45) is -2.64. The Bertz CT molecular complexity index is 951. The van der Waals surface area contributed by atoms with Crippen LogP contribution in [-0.4, -0.2) is 10.9 Å². The van der Waals surface area contributed by atoms with E-state index in [-0.39, 0.29) is 5.69 Å². The fourth-order valence-electron chi connectivity index (χ4n) is 2.28. The van der Waals surface area contributed by atoms with Gasteiger partial charge in [0.05, 0.1) is 16.8 Å².